The maximum absolute atomic E-state index is 13.5. The van der Waals surface area contributed by atoms with Gasteiger partial charge in [0.15, 0.2) is 0 Å². The molecule has 1 aromatic carbocycles. The number of pyridine rings is 1. The Morgan fingerprint density at radius 2 is 1.72 bits per heavy atom. The summed E-state index contributed by atoms with van der Waals surface area (Å²) in [5, 5.41) is 0. The molecule has 4 heterocycles. The SMILES string of the molecule is CC1=CC2C=C(c3c(C)[nH]c(-c4ccc(F)cc4)c3-c3ccncc3)CCN2C1. The Morgan fingerprint density at radius 1 is 0.966 bits per heavy atom. The fraction of sp³-hybridized carbons (Fsp3) is 0.240. The summed E-state index contributed by atoms with van der Waals surface area (Å²) in [5.74, 6) is -0.221. The molecule has 0 saturated carbocycles. The number of H-pyrrole nitrogens is 1. The molecule has 29 heavy (non-hydrogen) atoms. The van der Waals surface area contributed by atoms with E-state index in [9.17, 15) is 4.39 Å². The summed E-state index contributed by atoms with van der Waals surface area (Å²) in [6.45, 7) is 6.48. The van der Waals surface area contributed by atoms with Crippen molar-refractivity contribution in [2.45, 2.75) is 26.3 Å². The lowest BCUT2D eigenvalue weighted by Crippen LogP contribution is -2.33. The number of hydrogen-bond donors (Lipinski definition) is 1. The minimum Gasteiger partial charge on any atom is -0.358 e. The topological polar surface area (TPSA) is 31.9 Å². The van der Waals surface area contributed by atoms with E-state index in [1.54, 1.807) is 0 Å². The predicted molar refractivity (Wildman–Crippen MR) is 116 cm³/mol. The molecule has 2 aromatic heterocycles. The van der Waals surface area contributed by atoms with Crippen molar-refractivity contribution in [3.05, 3.63) is 83.6 Å². The number of benzene rings is 1. The molecular formula is C25H24FN3. The number of halogens is 1. The van der Waals surface area contributed by atoms with Gasteiger partial charge in [-0.1, -0.05) is 17.7 Å². The number of aromatic nitrogens is 2. The number of aryl methyl sites for hydroxylation is 1. The third-order valence-corrected chi connectivity index (χ3v) is 5.98. The van der Waals surface area contributed by atoms with Crippen molar-refractivity contribution >= 4 is 5.57 Å². The molecule has 0 bridgehead atoms. The quantitative estimate of drug-likeness (QED) is 0.595. The van der Waals surface area contributed by atoms with Crippen molar-refractivity contribution < 1.29 is 4.39 Å². The highest BCUT2D eigenvalue weighted by molar-refractivity contribution is 5.93. The van der Waals surface area contributed by atoms with Gasteiger partial charge in [-0.05, 0) is 73.4 Å². The molecule has 4 heteroatoms. The van der Waals surface area contributed by atoms with E-state index in [-0.39, 0.29) is 5.82 Å². The molecule has 3 nitrogen and oxygen atoms in total. The monoisotopic (exact) mass is 385 g/mol. The largest absolute Gasteiger partial charge is 0.358 e. The smallest absolute Gasteiger partial charge is 0.123 e. The van der Waals surface area contributed by atoms with Gasteiger partial charge in [0.25, 0.3) is 0 Å². The third kappa shape index (κ3) is 3.23. The van der Waals surface area contributed by atoms with Crippen molar-refractivity contribution in [3.63, 3.8) is 0 Å². The molecule has 0 fully saturated rings. The minimum atomic E-state index is -0.221. The number of rotatable bonds is 3. The highest BCUT2D eigenvalue weighted by Crippen LogP contribution is 2.42. The Bertz CT molecular complexity index is 1110. The minimum absolute atomic E-state index is 0.221. The first-order chi connectivity index (χ1) is 14.1. The molecule has 0 spiro atoms. The van der Waals surface area contributed by atoms with E-state index in [0.29, 0.717) is 6.04 Å². The lowest BCUT2D eigenvalue weighted by Gasteiger charge is -2.29. The molecule has 1 atom stereocenters. The van der Waals surface area contributed by atoms with Crippen molar-refractivity contribution in [2.75, 3.05) is 13.1 Å². The molecule has 0 radical (unpaired) electrons. The van der Waals surface area contributed by atoms with Gasteiger partial charge in [0.1, 0.15) is 5.82 Å². The molecule has 3 aromatic rings. The van der Waals surface area contributed by atoms with Gasteiger partial charge < -0.3 is 4.98 Å². The summed E-state index contributed by atoms with van der Waals surface area (Å²) in [6.07, 6.45) is 9.46. The number of aromatic amines is 1. The zero-order valence-electron chi connectivity index (χ0n) is 16.7. The number of nitrogens with one attached hydrogen (secondary N) is 1. The highest BCUT2D eigenvalue weighted by atomic mass is 19.1. The molecular weight excluding hydrogens is 361 g/mol. The van der Waals surface area contributed by atoms with Crippen LogP contribution in [0.2, 0.25) is 0 Å². The zero-order valence-corrected chi connectivity index (χ0v) is 16.7. The highest BCUT2D eigenvalue weighted by Gasteiger charge is 2.28. The Balaban J connectivity index is 1.70. The molecule has 146 valence electrons. The van der Waals surface area contributed by atoms with Crippen LogP contribution in [-0.2, 0) is 0 Å². The maximum Gasteiger partial charge on any atom is 0.123 e. The number of fused-ring (bicyclic) bond motifs is 1. The lowest BCUT2D eigenvalue weighted by atomic mass is 9.89. The fourth-order valence-electron chi connectivity index (χ4n) is 4.69. The van der Waals surface area contributed by atoms with E-state index in [1.807, 2.05) is 24.5 Å². The summed E-state index contributed by atoms with van der Waals surface area (Å²) >= 11 is 0. The summed E-state index contributed by atoms with van der Waals surface area (Å²) in [5.41, 5.74) is 9.57. The number of hydrogen-bond acceptors (Lipinski definition) is 2. The van der Waals surface area contributed by atoms with E-state index in [1.165, 1.54) is 34.4 Å². The fourth-order valence-corrected chi connectivity index (χ4v) is 4.69. The van der Waals surface area contributed by atoms with Crippen LogP contribution in [0.3, 0.4) is 0 Å². The van der Waals surface area contributed by atoms with Gasteiger partial charge in [0.2, 0.25) is 0 Å². The molecule has 2 aliphatic heterocycles. The van der Waals surface area contributed by atoms with Gasteiger partial charge in [0, 0.05) is 48.3 Å². The van der Waals surface area contributed by atoms with E-state index in [2.05, 4.69) is 53.0 Å². The number of nitrogens with zero attached hydrogens (tertiary/aromatic N) is 2. The van der Waals surface area contributed by atoms with Crippen LogP contribution in [0.1, 0.15) is 24.6 Å². The van der Waals surface area contributed by atoms with Crippen LogP contribution in [0, 0.1) is 12.7 Å². The van der Waals surface area contributed by atoms with Crippen LogP contribution in [-0.4, -0.2) is 34.0 Å². The van der Waals surface area contributed by atoms with Crippen LogP contribution in [0.25, 0.3) is 28.0 Å². The Morgan fingerprint density at radius 3 is 2.48 bits per heavy atom. The second-order valence-electron chi connectivity index (χ2n) is 8.03. The molecule has 0 saturated heterocycles. The first kappa shape index (κ1) is 18.1. The van der Waals surface area contributed by atoms with Crippen LogP contribution in [0.4, 0.5) is 4.39 Å². The summed E-state index contributed by atoms with van der Waals surface area (Å²) in [4.78, 5) is 10.3. The van der Waals surface area contributed by atoms with Gasteiger partial charge in [0.05, 0.1) is 5.69 Å². The summed E-state index contributed by atoms with van der Waals surface area (Å²) in [6, 6.07) is 11.2. The average Bonchev–Trinajstić information content (AvgIpc) is 3.27. The molecule has 1 N–H and O–H groups in total. The first-order valence-electron chi connectivity index (χ1n) is 10.1. The molecule has 0 amide bonds. The van der Waals surface area contributed by atoms with Crippen molar-refractivity contribution in [2.24, 2.45) is 0 Å². The Kier molecular flexibility index (Phi) is 4.44. The molecule has 5 rings (SSSR count). The van der Waals surface area contributed by atoms with Crippen LogP contribution >= 0.6 is 0 Å². The van der Waals surface area contributed by atoms with E-state index in [0.717, 1.165) is 42.0 Å². The van der Waals surface area contributed by atoms with Gasteiger partial charge in [-0.15, -0.1) is 0 Å². The van der Waals surface area contributed by atoms with Crippen LogP contribution < -0.4 is 0 Å². The normalized spacial score (nSPS) is 19.1. The van der Waals surface area contributed by atoms with Crippen LogP contribution in [0.15, 0.2) is 66.5 Å². The van der Waals surface area contributed by atoms with Crippen molar-refractivity contribution in [1.29, 1.82) is 0 Å². The van der Waals surface area contributed by atoms with Gasteiger partial charge in [-0.2, -0.15) is 0 Å². The first-order valence-corrected chi connectivity index (χ1v) is 10.1. The standard InChI is InChI=1S/C25H24FN3/c1-16-13-22-14-20(9-12-29(22)15-16)23-17(2)28-25(19-3-5-21(26)6-4-19)24(23)18-7-10-27-11-8-18/h3-8,10-11,13-14,22,28H,9,12,15H2,1-2H3. The summed E-state index contributed by atoms with van der Waals surface area (Å²) < 4.78 is 13.5. The zero-order chi connectivity index (χ0) is 20.0. The Hall–Kier alpha value is -2.98. The Labute approximate surface area is 170 Å². The molecule has 0 aliphatic carbocycles. The second kappa shape index (κ2) is 7.12. The van der Waals surface area contributed by atoms with Crippen molar-refractivity contribution in [1.82, 2.24) is 14.9 Å². The lowest BCUT2D eigenvalue weighted by molar-refractivity contribution is 0.301. The van der Waals surface area contributed by atoms with E-state index < -0.39 is 0 Å². The van der Waals surface area contributed by atoms with Gasteiger partial charge in [-0.3, -0.25) is 9.88 Å². The van der Waals surface area contributed by atoms with Gasteiger partial charge in [-0.25, -0.2) is 4.39 Å². The molecule has 2 aliphatic rings. The van der Waals surface area contributed by atoms with E-state index in [4.69, 9.17) is 0 Å². The van der Waals surface area contributed by atoms with Crippen LogP contribution in [0.5, 0.6) is 0 Å². The predicted octanol–water partition coefficient (Wildman–Crippen LogP) is 5.61. The third-order valence-electron chi connectivity index (χ3n) is 5.98. The van der Waals surface area contributed by atoms with E-state index >= 15 is 0 Å². The average molecular weight is 385 g/mol. The summed E-state index contributed by atoms with van der Waals surface area (Å²) in [7, 11) is 0. The maximum atomic E-state index is 13.5. The second-order valence-corrected chi connectivity index (χ2v) is 8.03. The van der Waals surface area contributed by atoms with Crippen molar-refractivity contribution in [3.8, 4) is 22.4 Å². The van der Waals surface area contributed by atoms with Gasteiger partial charge >= 0.3 is 0 Å². The molecule has 1 unspecified atom stereocenters.